The first-order valence-corrected chi connectivity index (χ1v) is 6.09. The lowest BCUT2D eigenvalue weighted by Crippen LogP contribution is -2.07. The molecule has 0 aromatic heterocycles. The van der Waals surface area contributed by atoms with E-state index >= 15 is 0 Å². The van der Waals surface area contributed by atoms with E-state index in [0.717, 1.165) is 15.8 Å². The Balaban J connectivity index is 3.16. The molecule has 0 radical (unpaired) electrons. The van der Waals surface area contributed by atoms with Gasteiger partial charge in [0.15, 0.2) is 0 Å². The number of benzene rings is 1. The van der Waals surface area contributed by atoms with E-state index in [1.54, 1.807) is 7.11 Å². The first kappa shape index (κ1) is 13.1. The van der Waals surface area contributed by atoms with Crippen molar-refractivity contribution in [1.82, 2.24) is 0 Å². The molecule has 0 spiro atoms. The summed E-state index contributed by atoms with van der Waals surface area (Å²) in [7, 11) is 1.66. The fourth-order valence-electron chi connectivity index (χ4n) is 1.80. The Labute approximate surface area is 105 Å². The van der Waals surface area contributed by atoms with E-state index in [-0.39, 0.29) is 5.92 Å². The summed E-state index contributed by atoms with van der Waals surface area (Å²) in [4.78, 5) is 0. The fourth-order valence-corrected chi connectivity index (χ4v) is 2.18. The molecule has 0 amide bonds. The highest BCUT2D eigenvalue weighted by molar-refractivity contribution is 9.10. The molecule has 0 saturated carbocycles. The Kier molecular flexibility index (Phi) is 4.82. The molecule has 2 nitrogen and oxygen atoms in total. The molecular weight excluding hydrogens is 266 g/mol. The lowest BCUT2D eigenvalue weighted by molar-refractivity contribution is 0.395. The molecule has 1 aromatic carbocycles. The van der Waals surface area contributed by atoms with E-state index < -0.39 is 0 Å². The minimum Gasteiger partial charge on any atom is -0.496 e. The number of ether oxygens (including phenoxy) is 1. The van der Waals surface area contributed by atoms with Crippen LogP contribution in [-0.2, 0) is 0 Å². The second kappa shape index (κ2) is 5.91. The molecule has 1 atom stereocenters. The van der Waals surface area contributed by atoms with E-state index in [9.17, 15) is 0 Å². The summed E-state index contributed by atoms with van der Waals surface area (Å²) >= 11 is 3.46. The molecule has 0 bridgehead atoms. The Morgan fingerprint density at radius 2 is 2.12 bits per heavy atom. The highest BCUT2D eigenvalue weighted by Crippen LogP contribution is 2.35. The summed E-state index contributed by atoms with van der Waals surface area (Å²) in [5.41, 5.74) is 1.11. The third-order valence-corrected chi connectivity index (χ3v) is 3.20. The molecule has 3 heteroatoms. The van der Waals surface area contributed by atoms with Gasteiger partial charge in [-0.1, -0.05) is 29.8 Å². The quantitative estimate of drug-likeness (QED) is 0.832. The predicted molar refractivity (Wildman–Crippen MR) is 68.5 cm³/mol. The summed E-state index contributed by atoms with van der Waals surface area (Å²) in [6.07, 6.45) is 0.518. The van der Waals surface area contributed by atoms with E-state index in [1.165, 1.54) is 0 Å². The van der Waals surface area contributed by atoms with Crippen LogP contribution in [-0.4, -0.2) is 7.11 Å². The minimum absolute atomic E-state index is 0.220. The normalized spacial score (nSPS) is 12.2. The summed E-state index contributed by atoms with van der Waals surface area (Å²) in [6, 6.07) is 8.18. The molecule has 0 saturated heterocycles. The average molecular weight is 282 g/mol. The zero-order chi connectivity index (χ0) is 12.1. The maximum Gasteiger partial charge on any atom is 0.122 e. The van der Waals surface area contributed by atoms with Crippen LogP contribution in [0.5, 0.6) is 5.75 Å². The van der Waals surface area contributed by atoms with Crippen molar-refractivity contribution in [3.05, 3.63) is 28.2 Å². The van der Waals surface area contributed by atoms with Gasteiger partial charge in [-0.05, 0) is 29.7 Å². The highest BCUT2D eigenvalue weighted by atomic mass is 79.9. The van der Waals surface area contributed by atoms with Gasteiger partial charge in [0, 0.05) is 16.8 Å². The average Bonchev–Trinajstić information content (AvgIpc) is 2.25. The number of nitriles is 1. The van der Waals surface area contributed by atoms with Crippen molar-refractivity contribution in [2.45, 2.75) is 26.2 Å². The van der Waals surface area contributed by atoms with Gasteiger partial charge in [0.25, 0.3) is 0 Å². The summed E-state index contributed by atoms with van der Waals surface area (Å²) in [5, 5.41) is 8.88. The summed E-state index contributed by atoms with van der Waals surface area (Å²) in [6.45, 7) is 4.25. The maximum absolute atomic E-state index is 8.88. The van der Waals surface area contributed by atoms with Gasteiger partial charge in [0.05, 0.1) is 13.2 Å². The van der Waals surface area contributed by atoms with Crippen molar-refractivity contribution < 1.29 is 4.74 Å². The molecule has 86 valence electrons. The van der Waals surface area contributed by atoms with E-state index in [1.807, 2.05) is 18.2 Å². The lowest BCUT2D eigenvalue weighted by atomic mass is 9.86. The Morgan fingerprint density at radius 1 is 1.44 bits per heavy atom. The molecule has 0 heterocycles. The van der Waals surface area contributed by atoms with Crippen LogP contribution in [0.3, 0.4) is 0 Å². The third-order valence-electron chi connectivity index (χ3n) is 2.71. The van der Waals surface area contributed by atoms with Crippen molar-refractivity contribution in [1.29, 1.82) is 5.26 Å². The first-order valence-electron chi connectivity index (χ1n) is 5.30. The standard InChI is InChI=1S/C13H16BrNO/c1-9(2)11(6-7-15)12-8-10(14)4-5-13(12)16-3/h4-5,8-9,11H,6H2,1-3H3. The van der Waals surface area contributed by atoms with Crippen LogP contribution < -0.4 is 4.74 Å². The predicted octanol–water partition coefficient (Wildman–Crippen LogP) is 4.11. The van der Waals surface area contributed by atoms with Gasteiger partial charge >= 0.3 is 0 Å². The third kappa shape index (κ3) is 2.99. The van der Waals surface area contributed by atoms with Gasteiger partial charge in [0.2, 0.25) is 0 Å². The Morgan fingerprint density at radius 3 is 2.62 bits per heavy atom. The molecule has 0 aliphatic heterocycles. The number of methoxy groups -OCH3 is 1. The van der Waals surface area contributed by atoms with Gasteiger partial charge in [-0.25, -0.2) is 0 Å². The smallest absolute Gasteiger partial charge is 0.122 e. The number of rotatable bonds is 4. The highest BCUT2D eigenvalue weighted by Gasteiger charge is 2.19. The topological polar surface area (TPSA) is 33.0 Å². The van der Waals surface area contributed by atoms with Crippen molar-refractivity contribution >= 4 is 15.9 Å². The van der Waals surface area contributed by atoms with Crippen LogP contribution in [0.2, 0.25) is 0 Å². The van der Waals surface area contributed by atoms with Gasteiger partial charge in [-0.15, -0.1) is 0 Å². The SMILES string of the molecule is COc1ccc(Br)cc1C(CC#N)C(C)C. The number of halogens is 1. The number of hydrogen-bond donors (Lipinski definition) is 0. The second-order valence-electron chi connectivity index (χ2n) is 4.10. The van der Waals surface area contributed by atoms with Gasteiger partial charge < -0.3 is 4.74 Å². The Bertz CT molecular complexity index is 395. The van der Waals surface area contributed by atoms with Crippen molar-refractivity contribution in [3.63, 3.8) is 0 Å². The molecular formula is C13H16BrNO. The van der Waals surface area contributed by atoms with Crippen LogP contribution in [0, 0.1) is 17.2 Å². The summed E-state index contributed by atoms with van der Waals surface area (Å²) < 4.78 is 6.37. The van der Waals surface area contributed by atoms with Crippen LogP contribution in [0.4, 0.5) is 0 Å². The van der Waals surface area contributed by atoms with E-state index in [2.05, 4.69) is 35.8 Å². The zero-order valence-corrected chi connectivity index (χ0v) is 11.4. The largest absolute Gasteiger partial charge is 0.496 e. The molecule has 0 fully saturated rings. The van der Waals surface area contributed by atoms with Crippen molar-refractivity contribution in [3.8, 4) is 11.8 Å². The minimum atomic E-state index is 0.220. The Hall–Kier alpha value is -1.01. The van der Waals surface area contributed by atoms with E-state index in [4.69, 9.17) is 10.00 Å². The molecule has 16 heavy (non-hydrogen) atoms. The first-order chi connectivity index (χ1) is 7.60. The van der Waals surface area contributed by atoms with E-state index in [0.29, 0.717) is 12.3 Å². The van der Waals surface area contributed by atoms with Crippen molar-refractivity contribution in [2.24, 2.45) is 5.92 Å². The molecule has 0 N–H and O–H groups in total. The number of hydrogen-bond acceptors (Lipinski definition) is 2. The molecule has 0 aliphatic carbocycles. The van der Waals surface area contributed by atoms with Crippen LogP contribution in [0.1, 0.15) is 31.7 Å². The molecule has 1 rings (SSSR count). The van der Waals surface area contributed by atoms with Gasteiger partial charge in [0.1, 0.15) is 5.75 Å². The maximum atomic E-state index is 8.88. The zero-order valence-electron chi connectivity index (χ0n) is 9.83. The van der Waals surface area contributed by atoms with Gasteiger partial charge in [-0.2, -0.15) is 5.26 Å². The molecule has 1 aromatic rings. The fraction of sp³-hybridized carbons (Fsp3) is 0.462. The summed E-state index contributed by atoms with van der Waals surface area (Å²) in [5.74, 6) is 1.50. The monoisotopic (exact) mass is 281 g/mol. The molecule has 1 unspecified atom stereocenters. The van der Waals surface area contributed by atoms with Crippen molar-refractivity contribution in [2.75, 3.05) is 7.11 Å². The van der Waals surface area contributed by atoms with Crippen LogP contribution in [0.15, 0.2) is 22.7 Å². The van der Waals surface area contributed by atoms with Crippen LogP contribution >= 0.6 is 15.9 Å². The molecule has 0 aliphatic rings. The van der Waals surface area contributed by atoms with Crippen LogP contribution in [0.25, 0.3) is 0 Å². The lowest BCUT2D eigenvalue weighted by Gasteiger charge is -2.21. The second-order valence-corrected chi connectivity index (χ2v) is 5.01. The van der Waals surface area contributed by atoms with Gasteiger partial charge in [-0.3, -0.25) is 0 Å². The number of nitrogens with zero attached hydrogens (tertiary/aromatic N) is 1.